The lowest BCUT2D eigenvalue weighted by atomic mass is 10.2. The zero-order chi connectivity index (χ0) is 13.5. The molecular weight excluding hydrogens is 283 g/mol. The van der Waals surface area contributed by atoms with Crippen molar-refractivity contribution in [1.29, 1.82) is 0 Å². The van der Waals surface area contributed by atoms with Crippen LogP contribution in [0.3, 0.4) is 0 Å². The van der Waals surface area contributed by atoms with Crippen LogP contribution in [0.5, 0.6) is 0 Å². The lowest BCUT2D eigenvalue weighted by Gasteiger charge is -2.09. The maximum Gasteiger partial charge on any atom is 0.0737 e. The first-order chi connectivity index (χ1) is 9.31. The van der Waals surface area contributed by atoms with Crippen LogP contribution in [0.15, 0.2) is 30.5 Å². The maximum absolute atomic E-state index is 5.96. The van der Waals surface area contributed by atoms with Gasteiger partial charge in [-0.15, -0.1) is 11.6 Å². The minimum atomic E-state index is 0.545. The highest BCUT2D eigenvalue weighted by molar-refractivity contribution is 6.31. The highest BCUT2D eigenvalue weighted by atomic mass is 35.5. The zero-order valence-corrected chi connectivity index (χ0v) is 12.0. The van der Waals surface area contributed by atoms with E-state index in [1.165, 1.54) is 0 Å². The maximum atomic E-state index is 5.96. The second-order valence-electron chi connectivity index (χ2n) is 4.10. The number of aromatic nitrogens is 1. The molecule has 1 aromatic heterocycles. The van der Waals surface area contributed by atoms with Crippen LogP contribution in [-0.2, 0) is 4.74 Å². The van der Waals surface area contributed by atoms with Crippen molar-refractivity contribution in [3.05, 3.63) is 35.5 Å². The summed E-state index contributed by atoms with van der Waals surface area (Å²) in [5.41, 5.74) is 1.97. The van der Waals surface area contributed by atoms with Gasteiger partial charge in [0.2, 0.25) is 0 Å². The third-order valence-electron chi connectivity index (χ3n) is 2.71. The molecule has 102 valence electrons. The van der Waals surface area contributed by atoms with Crippen LogP contribution in [-0.4, -0.2) is 30.6 Å². The van der Waals surface area contributed by atoms with Crippen LogP contribution in [0.1, 0.15) is 6.42 Å². The van der Waals surface area contributed by atoms with Crippen molar-refractivity contribution in [3.63, 3.8) is 0 Å². The number of halogens is 2. The monoisotopic (exact) mass is 298 g/mol. The van der Waals surface area contributed by atoms with Gasteiger partial charge in [0, 0.05) is 41.3 Å². The van der Waals surface area contributed by atoms with E-state index in [0.29, 0.717) is 24.1 Å². The minimum Gasteiger partial charge on any atom is -0.384 e. The van der Waals surface area contributed by atoms with Crippen molar-refractivity contribution in [1.82, 2.24) is 4.98 Å². The van der Waals surface area contributed by atoms with Gasteiger partial charge in [-0.25, -0.2) is 0 Å². The van der Waals surface area contributed by atoms with Gasteiger partial charge in [0.15, 0.2) is 0 Å². The number of benzene rings is 1. The molecule has 0 amide bonds. The number of pyridine rings is 1. The Labute approximate surface area is 122 Å². The van der Waals surface area contributed by atoms with E-state index in [2.05, 4.69) is 10.3 Å². The molecule has 0 fully saturated rings. The van der Waals surface area contributed by atoms with E-state index in [1.807, 2.05) is 24.3 Å². The molecule has 0 unspecified atom stereocenters. The first-order valence-corrected chi connectivity index (χ1v) is 7.14. The van der Waals surface area contributed by atoms with Crippen LogP contribution < -0.4 is 5.32 Å². The third kappa shape index (κ3) is 4.23. The molecule has 2 aromatic rings. The largest absolute Gasteiger partial charge is 0.384 e. The van der Waals surface area contributed by atoms with Crippen molar-refractivity contribution < 1.29 is 4.74 Å². The average Bonchev–Trinajstić information content (AvgIpc) is 2.42. The molecule has 1 heterocycles. The quantitative estimate of drug-likeness (QED) is 0.621. The highest BCUT2D eigenvalue weighted by Crippen LogP contribution is 2.24. The number of rotatable bonds is 7. The Morgan fingerprint density at radius 1 is 1.21 bits per heavy atom. The summed E-state index contributed by atoms with van der Waals surface area (Å²) in [7, 11) is 0. The Morgan fingerprint density at radius 3 is 2.95 bits per heavy atom. The van der Waals surface area contributed by atoms with Crippen LogP contribution in [0.25, 0.3) is 10.9 Å². The van der Waals surface area contributed by atoms with Gasteiger partial charge < -0.3 is 10.1 Å². The smallest absolute Gasteiger partial charge is 0.0737 e. The fraction of sp³-hybridized carbons (Fsp3) is 0.357. The van der Waals surface area contributed by atoms with Gasteiger partial charge in [0.05, 0.1) is 12.1 Å². The molecule has 19 heavy (non-hydrogen) atoms. The number of ether oxygens (including phenoxy) is 1. The summed E-state index contributed by atoms with van der Waals surface area (Å²) in [5, 5.41) is 5.17. The van der Waals surface area contributed by atoms with Gasteiger partial charge in [0.1, 0.15) is 0 Å². The molecule has 2 rings (SSSR count). The van der Waals surface area contributed by atoms with Gasteiger partial charge in [-0.2, -0.15) is 0 Å². The highest BCUT2D eigenvalue weighted by Gasteiger charge is 2.01. The van der Waals surface area contributed by atoms with Crippen molar-refractivity contribution in [2.24, 2.45) is 0 Å². The average molecular weight is 299 g/mol. The summed E-state index contributed by atoms with van der Waals surface area (Å²) >= 11 is 11.5. The molecule has 0 radical (unpaired) electrons. The normalized spacial score (nSPS) is 10.8. The number of anilines is 1. The molecule has 3 nitrogen and oxygen atoms in total. The van der Waals surface area contributed by atoms with Crippen LogP contribution in [0.2, 0.25) is 5.02 Å². The molecule has 0 atom stereocenters. The fourth-order valence-electron chi connectivity index (χ4n) is 1.83. The molecule has 0 saturated carbocycles. The first kappa shape index (κ1) is 14.4. The van der Waals surface area contributed by atoms with Gasteiger partial charge >= 0.3 is 0 Å². The molecule has 1 aromatic carbocycles. The first-order valence-electron chi connectivity index (χ1n) is 6.23. The van der Waals surface area contributed by atoms with Crippen LogP contribution >= 0.6 is 23.2 Å². The number of hydrogen-bond acceptors (Lipinski definition) is 3. The second-order valence-corrected chi connectivity index (χ2v) is 4.92. The van der Waals surface area contributed by atoms with E-state index in [1.54, 1.807) is 6.20 Å². The van der Waals surface area contributed by atoms with Crippen molar-refractivity contribution in [2.45, 2.75) is 6.42 Å². The Morgan fingerprint density at radius 2 is 2.11 bits per heavy atom. The Kier molecular flexibility index (Phi) is 5.70. The summed E-state index contributed by atoms with van der Waals surface area (Å²) in [4.78, 5) is 4.31. The van der Waals surface area contributed by atoms with E-state index in [4.69, 9.17) is 27.9 Å². The van der Waals surface area contributed by atoms with Gasteiger partial charge in [-0.3, -0.25) is 4.98 Å². The molecule has 0 aliphatic heterocycles. The van der Waals surface area contributed by atoms with E-state index in [0.717, 1.165) is 29.6 Å². The predicted octanol–water partition coefficient (Wildman–Crippen LogP) is 3.95. The second kappa shape index (κ2) is 7.53. The molecule has 0 saturated heterocycles. The Hall–Kier alpha value is -1.03. The lowest BCUT2D eigenvalue weighted by molar-refractivity contribution is 0.149. The van der Waals surface area contributed by atoms with E-state index < -0.39 is 0 Å². The number of nitrogens with zero attached hydrogens (tertiary/aromatic N) is 1. The predicted molar refractivity (Wildman–Crippen MR) is 81.4 cm³/mol. The number of hydrogen-bond donors (Lipinski definition) is 1. The Balaban J connectivity index is 1.93. The molecule has 0 aliphatic carbocycles. The van der Waals surface area contributed by atoms with Gasteiger partial charge in [-0.05, 0) is 30.7 Å². The molecule has 0 aliphatic rings. The molecule has 1 N–H and O–H groups in total. The van der Waals surface area contributed by atoms with Crippen molar-refractivity contribution >= 4 is 39.8 Å². The SMILES string of the molecule is ClCCOCCCNc1ccnc2cc(Cl)ccc12. The van der Waals surface area contributed by atoms with Crippen LogP contribution in [0.4, 0.5) is 5.69 Å². The van der Waals surface area contributed by atoms with E-state index >= 15 is 0 Å². The minimum absolute atomic E-state index is 0.545. The zero-order valence-electron chi connectivity index (χ0n) is 10.5. The van der Waals surface area contributed by atoms with E-state index in [-0.39, 0.29) is 0 Å². The van der Waals surface area contributed by atoms with Gasteiger partial charge in [0.25, 0.3) is 0 Å². The third-order valence-corrected chi connectivity index (χ3v) is 3.10. The van der Waals surface area contributed by atoms with Crippen LogP contribution in [0, 0.1) is 0 Å². The van der Waals surface area contributed by atoms with Crippen molar-refractivity contribution in [3.8, 4) is 0 Å². The summed E-state index contributed by atoms with van der Waals surface area (Å²) in [6.07, 6.45) is 2.72. The van der Waals surface area contributed by atoms with E-state index in [9.17, 15) is 0 Å². The van der Waals surface area contributed by atoms with Crippen molar-refractivity contribution in [2.75, 3.05) is 31.0 Å². The topological polar surface area (TPSA) is 34.1 Å². The molecule has 5 heteroatoms. The summed E-state index contributed by atoms with van der Waals surface area (Å²) in [5.74, 6) is 0.545. The number of alkyl halides is 1. The Bertz CT molecular complexity index is 534. The van der Waals surface area contributed by atoms with Gasteiger partial charge in [-0.1, -0.05) is 11.6 Å². The molecule has 0 spiro atoms. The fourth-order valence-corrected chi connectivity index (χ4v) is 2.10. The standard InChI is InChI=1S/C14H16Cl2N2O/c15-5-9-19-8-1-6-17-13-4-7-18-14-10-11(16)2-3-12(13)14/h2-4,7,10H,1,5-6,8-9H2,(H,17,18). The summed E-state index contributed by atoms with van der Waals surface area (Å²) in [6.45, 7) is 2.18. The lowest BCUT2D eigenvalue weighted by Crippen LogP contribution is -2.07. The summed E-state index contributed by atoms with van der Waals surface area (Å²) < 4.78 is 5.32. The molecular formula is C14H16Cl2N2O. The number of fused-ring (bicyclic) bond motifs is 1. The summed E-state index contributed by atoms with van der Waals surface area (Å²) in [6, 6.07) is 7.69. The molecule has 0 bridgehead atoms. The number of nitrogens with one attached hydrogen (secondary N) is 1.